The van der Waals surface area contributed by atoms with Crippen molar-refractivity contribution in [3.8, 4) is 0 Å². The van der Waals surface area contributed by atoms with E-state index in [1.165, 1.54) is 37.5 Å². The Morgan fingerprint density at radius 1 is 0.544 bits per heavy atom. The van der Waals surface area contributed by atoms with Crippen LogP contribution in [0.3, 0.4) is 0 Å². The molecule has 35 nitrogen and oxygen atoms in total. The summed E-state index contributed by atoms with van der Waals surface area (Å²) in [6.07, 6.45) is -1.88. The van der Waals surface area contributed by atoms with E-state index < -0.39 is 213 Å². The monoisotopic (exact) mass is 1270 g/mol. The van der Waals surface area contributed by atoms with E-state index in [0.29, 0.717) is 29.3 Å². The van der Waals surface area contributed by atoms with E-state index >= 15 is 0 Å². The van der Waals surface area contributed by atoms with Gasteiger partial charge in [0.15, 0.2) is 0 Å². The predicted molar refractivity (Wildman–Crippen MR) is 310 cm³/mol. The molecule has 0 aliphatic carbocycles. The van der Waals surface area contributed by atoms with Gasteiger partial charge in [-0.3, -0.25) is 71.9 Å². The lowest BCUT2D eigenvalue weighted by Crippen LogP contribution is -2.59. The first-order valence-electron chi connectivity index (χ1n) is 28.9. The number of aromatic nitrogens is 1. The van der Waals surface area contributed by atoms with Crippen LogP contribution in [0.1, 0.15) is 97.5 Å². The molecule has 2 aliphatic rings. The number of carboxylic acids is 3. The van der Waals surface area contributed by atoms with Crippen LogP contribution in [0.5, 0.6) is 0 Å². The van der Waals surface area contributed by atoms with E-state index in [9.17, 15) is 92.0 Å². The number of likely N-dealkylation sites (tertiary alicyclic amines) is 2. The Hall–Kier alpha value is -9.80. The molecule has 0 saturated carbocycles. The third-order valence-corrected chi connectivity index (χ3v) is 14.6. The minimum atomic E-state index is -1.72. The number of aliphatic hydroxyl groups is 1. The lowest BCUT2D eigenvalue weighted by atomic mass is 10.0. The van der Waals surface area contributed by atoms with Crippen LogP contribution in [0.25, 0.3) is 10.9 Å². The van der Waals surface area contributed by atoms with E-state index in [1.54, 1.807) is 30.5 Å². The largest absolute Gasteiger partial charge is 0.481 e. The number of carbonyl (C=O) groups is 16. The van der Waals surface area contributed by atoms with Gasteiger partial charge in [-0.2, -0.15) is 0 Å². The number of fused-ring (bicyclic) bond motifs is 1. The van der Waals surface area contributed by atoms with Gasteiger partial charge in [-0.05, 0) is 84.3 Å². The summed E-state index contributed by atoms with van der Waals surface area (Å²) in [4.78, 5) is 211. The molecule has 1 aromatic heterocycles. The van der Waals surface area contributed by atoms with Crippen LogP contribution >= 0.6 is 0 Å². The summed E-state index contributed by atoms with van der Waals surface area (Å²) in [7, 11) is 0. The zero-order valence-corrected chi connectivity index (χ0v) is 49.9. The summed E-state index contributed by atoms with van der Waals surface area (Å²) in [5.74, 6) is -15.6. The molecule has 13 amide bonds. The van der Waals surface area contributed by atoms with E-state index in [0.717, 1.165) is 0 Å². The Morgan fingerprint density at radius 3 is 1.63 bits per heavy atom. The third kappa shape index (κ3) is 22.4. The number of benzene rings is 1. The van der Waals surface area contributed by atoms with Crippen LogP contribution < -0.4 is 64.6 Å². The molecule has 19 N–H and O–H groups in total. The zero-order chi connectivity index (χ0) is 67.1. The Kier molecular flexibility index (Phi) is 28.0. The lowest BCUT2D eigenvalue weighted by Gasteiger charge is -2.29. The van der Waals surface area contributed by atoms with Crippen molar-refractivity contribution in [2.75, 3.05) is 32.7 Å². The Bertz CT molecular complexity index is 3030. The van der Waals surface area contributed by atoms with Crippen molar-refractivity contribution >= 4 is 106 Å². The molecule has 0 unspecified atom stereocenters. The molecule has 0 spiro atoms. The lowest BCUT2D eigenvalue weighted by molar-refractivity contribution is -0.144. The molecule has 1 aromatic carbocycles. The highest BCUT2D eigenvalue weighted by Gasteiger charge is 2.40. The first kappa shape index (κ1) is 72.7. The second kappa shape index (κ2) is 34.7. The van der Waals surface area contributed by atoms with E-state index in [-0.39, 0.29) is 38.8 Å². The number of primary amides is 1. The first-order valence-corrected chi connectivity index (χ1v) is 28.9. The second-order valence-electron chi connectivity index (χ2n) is 21.7. The maximum Gasteiger partial charge on any atom is 0.326 e. The van der Waals surface area contributed by atoms with E-state index in [2.05, 4.69) is 58.2 Å². The number of hydrogen-bond donors (Lipinski definition) is 17. The number of aliphatic hydroxyl groups excluding tert-OH is 1. The number of H-pyrrole nitrogens is 1. The summed E-state index contributed by atoms with van der Waals surface area (Å²) in [6.45, 7) is 3.25. The van der Waals surface area contributed by atoms with E-state index in [1.807, 2.05) is 0 Å². The summed E-state index contributed by atoms with van der Waals surface area (Å²) in [5, 5.41) is 61.7. The Morgan fingerprint density at radius 2 is 1.04 bits per heavy atom. The molecule has 0 radical (unpaired) electrons. The molecule has 2 saturated heterocycles. The number of carboxylic acid groups (broad SMARTS) is 3. The first-order chi connectivity index (χ1) is 42.4. The van der Waals surface area contributed by atoms with Crippen molar-refractivity contribution in [1.82, 2.24) is 68.0 Å². The number of carbonyl (C=O) groups excluding carboxylic acids is 13. The predicted octanol–water partition coefficient (Wildman–Crippen LogP) is -6.72. The quantitative estimate of drug-likeness (QED) is 0.0305. The van der Waals surface area contributed by atoms with Gasteiger partial charge >= 0.3 is 17.9 Å². The number of nitrogens with one attached hydrogen (secondary N) is 11. The van der Waals surface area contributed by atoms with Crippen molar-refractivity contribution in [2.45, 2.75) is 165 Å². The SMILES string of the molecule is C[C@H](NC(=O)[C@H](Cc1c[nH]c2ccccc12)NC(=O)[C@@H]1CCCN1C(=O)[C@H](C)NC(=O)CNC(=O)[C@H](CCC(N)=O)NC(=O)CNC(=O)CNC(=O)[C@@H]1CCCN1C(=O)[C@H](C)NC(=O)[C@@H](N)[C@@H](C)O)C(=O)N[C@@H](CCC(=O)O)C(=O)N[C@@H](CCC(=O)O)C(=O)O. The van der Waals surface area contributed by atoms with Gasteiger partial charge in [0, 0.05) is 55.9 Å². The van der Waals surface area contributed by atoms with Crippen molar-refractivity contribution in [2.24, 2.45) is 11.5 Å². The van der Waals surface area contributed by atoms with Gasteiger partial charge in [0.25, 0.3) is 0 Å². The fourth-order valence-electron chi connectivity index (χ4n) is 9.67. The summed E-state index contributed by atoms with van der Waals surface area (Å²) < 4.78 is 0. The summed E-state index contributed by atoms with van der Waals surface area (Å²) in [6, 6.07) is -6.74. The fraction of sp³-hybridized carbons (Fsp3) is 0.564. The van der Waals surface area contributed by atoms with Crippen molar-refractivity contribution in [3.05, 3.63) is 36.0 Å². The van der Waals surface area contributed by atoms with E-state index in [4.69, 9.17) is 16.6 Å². The normalized spacial score (nSPS) is 17.4. The topological polar surface area (TPSA) is 549 Å². The number of hydrogen-bond acceptors (Lipinski definition) is 18. The van der Waals surface area contributed by atoms with Crippen LogP contribution in [0.15, 0.2) is 30.5 Å². The number of aliphatic carboxylic acids is 3. The minimum absolute atomic E-state index is 0.0255. The summed E-state index contributed by atoms with van der Waals surface area (Å²) in [5.41, 5.74) is 12.1. The van der Waals surface area contributed by atoms with Crippen molar-refractivity contribution in [3.63, 3.8) is 0 Å². The number of nitrogens with zero attached hydrogens (tertiary/aromatic N) is 2. The molecule has 2 aliphatic heterocycles. The molecule has 90 heavy (non-hydrogen) atoms. The highest BCUT2D eigenvalue weighted by Crippen LogP contribution is 2.23. The average molecular weight is 1270 g/mol. The average Bonchev–Trinajstić information content (AvgIpc) is 2.96. The molecule has 3 heterocycles. The number of aromatic amines is 1. The van der Waals surface area contributed by atoms with Crippen LogP contribution in [-0.4, -0.2) is 229 Å². The highest BCUT2D eigenvalue weighted by molar-refractivity contribution is 5.99. The molecule has 35 heteroatoms. The smallest absolute Gasteiger partial charge is 0.326 e. The highest BCUT2D eigenvalue weighted by atomic mass is 16.4. The maximum absolute atomic E-state index is 14.2. The molecule has 2 aromatic rings. The minimum Gasteiger partial charge on any atom is -0.481 e. The van der Waals surface area contributed by atoms with Gasteiger partial charge in [-0.25, -0.2) is 4.79 Å². The van der Waals surface area contributed by atoms with Gasteiger partial charge in [0.2, 0.25) is 76.8 Å². The summed E-state index contributed by atoms with van der Waals surface area (Å²) >= 11 is 0. The van der Waals surface area contributed by atoms with Crippen LogP contribution in [-0.2, 0) is 83.1 Å². The van der Waals surface area contributed by atoms with Gasteiger partial charge < -0.3 is 99.8 Å². The third-order valence-electron chi connectivity index (χ3n) is 14.6. The molecular weight excluding hydrogens is 1190 g/mol. The number of para-hydroxylation sites is 1. The molecule has 4 rings (SSSR count). The Labute approximate surface area is 514 Å². The molecular formula is C55H79N15O20. The van der Waals surface area contributed by atoms with Gasteiger partial charge in [0.1, 0.15) is 60.4 Å². The van der Waals surface area contributed by atoms with Gasteiger partial charge in [-0.1, -0.05) is 18.2 Å². The maximum atomic E-state index is 14.2. The second-order valence-corrected chi connectivity index (χ2v) is 21.7. The number of rotatable bonds is 35. The molecule has 494 valence electrons. The zero-order valence-electron chi connectivity index (χ0n) is 49.9. The van der Waals surface area contributed by atoms with Gasteiger partial charge in [-0.15, -0.1) is 0 Å². The van der Waals surface area contributed by atoms with Crippen molar-refractivity contribution < 1.29 is 97.1 Å². The molecule has 11 atom stereocenters. The molecule has 2 fully saturated rings. The Balaban J connectivity index is 1.34. The van der Waals surface area contributed by atoms with Gasteiger partial charge in [0.05, 0.1) is 25.7 Å². The van der Waals surface area contributed by atoms with Crippen molar-refractivity contribution in [1.29, 1.82) is 0 Å². The standard InChI is InChI=1S/C55H79N15O20/c1-26(46(80)66-34(14-17-43(76)77)48(82)67-35(55(89)90)15-18-44(78)79)63-49(83)36(21-30-22-58-32-10-6-5-9-31(30)32)68-51(85)38-12-8-20-70(38)53(87)27(2)62-41(74)25-60-47(81)33(13-16-39(56)72)65-42(75)24-59-40(73)23-61-50(84)37-11-7-19-69(37)54(88)28(3)64-52(86)45(57)29(4)71/h5-6,9-10,22,26-29,33-38,45,58,71H,7-8,11-21,23-25,57H2,1-4H3,(H2,56,72)(H,59,73)(H,60,81)(H,61,84)(H,62,74)(H,63,83)(H,64,86)(H,65,75)(H,66,80)(H,67,82)(H,68,85)(H,76,77)(H,78,79)(H,89,90)/t26-,27-,28-,29+,33-,34-,35-,36-,37-,38-,45-/m0/s1. The number of nitrogens with two attached hydrogens (primary N) is 2. The fourth-order valence-corrected chi connectivity index (χ4v) is 9.67. The van der Waals surface area contributed by atoms with Crippen LogP contribution in [0.2, 0.25) is 0 Å². The van der Waals surface area contributed by atoms with Crippen LogP contribution in [0, 0.1) is 0 Å². The van der Waals surface area contributed by atoms with Crippen LogP contribution in [0.4, 0.5) is 0 Å². The number of amides is 13. The molecule has 0 bridgehead atoms.